The summed E-state index contributed by atoms with van der Waals surface area (Å²) in [5, 5.41) is 3.31. The largest absolute Gasteiger partial charge is 0.380 e. The van der Waals surface area contributed by atoms with Crippen molar-refractivity contribution in [3.63, 3.8) is 0 Å². The van der Waals surface area contributed by atoms with Crippen LogP contribution in [0.5, 0.6) is 0 Å². The smallest absolute Gasteiger partial charge is 0.0632 e. The van der Waals surface area contributed by atoms with Crippen LogP contribution in [-0.2, 0) is 0 Å². The molecule has 1 N–H and O–H groups in total. The molecule has 1 aromatic rings. The normalized spacial score (nSPS) is 10.9. The van der Waals surface area contributed by atoms with Gasteiger partial charge in [-0.1, -0.05) is 28.1 Å². The van der Waals surface area contributed by atoms with E-state index < -0.39 is 0 Å². The van der Waals surface area contributed by atoms with Crippen molar-refractivity contribution in [1.29, 1.82) is 0 Å². The number of allylic oxidation sites excluding steroid dienone is 1. The van der Waals surface area contributed by atoms with Gasteiger partial charge in [-0.3, -0.25) is 0 Å². The maximum absolute atomic E-state index is 3.50. The molecule has 4 heteroatoms. The van der Waals surface area contributed by atoms with Crippen molar-refractivity contribution in [3.8, 4) is 0 Å². The molecule has 1 nitrogen and oxygen atoms in total. The third-order valence-electron chi connectivity index (χ3n) is 1.64. The fourth-order valence-electron chi connectivity index (χ4n) is 0.990. The maximum atomic E-state index is 3.50. The average Bonchev–Trinajstić information content (AvgIpc) is 2.09. The highest BCUT2D eigenvalue weighted by molar-refractivity contribution is 9.11. The third-order valence-corrected chi connectivity index (χ3v) is 3.35. The number of hydrogen-bond donors (Lipinski definition) is 1. The summed E-state index contributed by atoms with van der Waals surface area (Å²) in [5.41, 5.74) is 1.08. The van der Waals surface area contributed by atoms with Crippen LogP contribution in [-0.4, -0.2) is 6.54 Å². The molecule has 0 aliphatic rings. The van der Waals surface area contributed by atoms with Gasteiger partial charge in [0.05, 0.1) is 5.69 Å². The molecule has 0 saturated heterocycles. The summed E-state index contributed by atoms with van der Waals surface area (Å²) >= 11 is 10.4. The van der Waals surface area contributed by atoms with E-state index in [4.69, 9.17) is 0 Å². The first-order valence-corrected chi connectivity index (χ1v) is 6.52. The van der Waals surface area contributed by atoms with E-state index in [1.54, 1.807) is 0 Å². The van der Waals surface area contributed by atoms with Crippen LogP contribution in [0.15, 0.2) is 37.7 Å². The van der Waals surface area contributed by atoms with Crippen molar-refractivity contribution < 1.29 is 0 Å². The minimum atomic E-state index is 0.829. The number of hydrogen-bond acceptors (Lipinski definition) is 1. The van der Waals surface area contributed by atoms with E-state index in [-0.39, 0.29) is 0 Å². The SMILES string of the molecule is C/C=C/CNc1c(Br)cc(Br)cc1Br. The van der Waals surface area contributed by atoms with Crippen molar-refractivity contribution in [3.05, 3.63) is 37.7 Å². The molecule has 0 atom stereocenters. The Morgan fingerprint density at radius 3 is 2.29 bits per heavy atom. The van der Waals surface area contributed by atoms with E-state index in [2.05, 4.69) is 59.2 Å². The Labute approximate surface area is 109 Å². The highest BCUT2D eigenvalue weighted by atomic mass is 79.9. The molecular weight excluding hydrogens is 374 g/mol. The van der Waals surface area contributed by atoms with Gasteiger partial charge in [0.25, 0.3) is 0 Å². The van der Waals surface area contributed by atoms with E-state index in [9.17, 15) is 0 Å². The minimum absolute atomic E-state index is 0.829. The first-order chi connectivity index (χ1) is 6.65. The average molecular weight is 384 g/mol. The van der Waals surface area contributed by atoms with Gasteiger partial charge in [0, 0.05) is 20.0 Å². The zero-order valence-electron chi connectivity index (χ0n) is 7.65. The van der Waals surface area contributed by atoms with Gasteiger partial charge >= 0.3 is 0 Å². The molecule has 0 aliphatic carbocycles. The van der Waals surface area contributed by atoms with Gasteiger partial charge < -0.3 is 5.32 Å². The standard InChI is InChI=1S/C10H10Br3N/c1-2-3-4-14-10-8(12)5-7(11)6-9(10)13/h2-3,5-6,14H,4H2,1H3/b3-2+. The number of anilines is 1. The molecule has 14 heavy (non-hydrogen) atoms. The lowest BCUT2D eigenvalue weighted by Gasteiger charge is -2.09. The predicted octanol–water partition coefficient (Wildman–Crippen LogP) is 4.96. The Kier molecular flexibility index (Phi) is 5.20. The van der Waals surface area contributed by atoms with Gasteiger partial charge in [-0.15, -0.1) is 0 Å². The zero-order chi connectivity index (χ0) is 10.6. The van der Waals surface area contributed by atoms with Crippen molar-refractivity contribution in [2.75, 3.05) is 11.9 Å². The molecule has 76 valence electrons. The summed E-state index contributed by atoms with van der Waals surface area (Å²) in [5.74, 6) is 0. The van der Waals surface area contributed by atoms with Crippen LogP contribution in [0.2, 0.25) is 0 Å². The second-order valence-corrected chi connectivity index (χ2v) is 5.32. The number of benzene rings is 1. The highest BCUT2D eigenvalue weighted by Gasteiger charge is 2.04. The van der Waals surface area contributed by atoms with Crippen molar-refractivity contribution in [2.45, 2.75) is 6.92 Å². The Balaban J connectivity index is 2.85. The van der Waals surface area contributed by atoms with Gasteiger partial charge in [0.1, 0.15) is 0 Å². The predicted molar refractivity (Wildman–Crippen MR) is 72.8 cm³/mol. The fourth-order valence-corrected chi connectivity index (χ4v) is 3.53. The van der Waals surface area contributed by atoms with Crippen LogP contribution in [0.1, 0.15) is 6.92 Å². The van der Waals surface area contributed by atoms with Crippen molar-refractivity contribution in [1.82, 2.24) is 0 Å². The second kappa shape index (κ2) is 5.93. The van der Waals surface area contributed by atoms with Gasteiger partial charge in [-0.05, 0) is 50.9 Å². The van der Waals surface area contributed by atoms with Crippen LogP contribution < -0.4 is 5.32 Å². The fraction of sp³-hybridized carbons (Fsp3) is 0.200. The van der Waals surface area contributed by atoms with E-state index in [0.29, 0.717) is 0 Å². The quantitative estimate of drug-likeness (QED) is 0.727. The lowest BCUT2D eigenvalue weighted by molar-refractivity contribution is 1.30. The van der Waals surface area contributed by atoms with E-state index >= 15 is 0 Å². The Morgan fingerprint density at radius 1 is 1.21 bits per heavy atom. The van der Waals surface area contributed by atoms with E-state index in [0.717, 1.165) is 25.7 Å². The molecule has 1 rings (SSSR count). The second-order valence-electron chi connectivity index (χ2n) is 2.69. The summed E-state index contributed by atoms with van der Waals surface area (Å²) in [6.45, 7) is 2.84. The molecule has 0 bridgehead atoms. The monoisotopic (exact) mass is 381 g/mol. The number of nitrogens with one attached hydrogen (secondary N) is 1. The third kappa shape index (κ3) is 3.41. The maximum Gasteiger partial charge on any atom is 0.0632 e. The zero-order valence-corrected chi connectivity index (χ0v) is 12.4. The Bertz CT molecular complexity index is 324. The Morgan fingerprint density at radius 2 is 1.79 bits per heavy atom. The molecule has 1 aromatic carbocycles. The number of halogens is 3. The summed E-state index contributed by atoms with van der Waals surface area (Å²) in [4.78, 5) is 0. The topological polar surface area (TPSA) is 12.0 Å². The lowest BCUT2D eigenvalue weighted by Crippen LogP contribution is -1.99. The van der Waals surface area contributed by atoms with E-state index in [1.165, 1.54) is 0 Å². The highest BCUT2D eigenvalue weighted by Crippen LogP contribution is 2.34. The van der Waals surface area contributed by atoms with Gasteiger partial charge in [0.2, 0.25) is 0 Å². The van der Waals surface area contributed by atoms with Crippen molar-refractivity contribution >= 4 is 53.5 Å². The molecule has 0 unspecified atom stereocenters. The molecule has 0 aliphatic heterocycles. The molecular formula is C10H10Br3N. The molecule has 0 fully saturated rings. The molecule has 0 amide bonds. The molecule has 0 heterocycles. The summed E-state index contributed by atoms with van der Waals surface area (Å²) < 4.78 is 3.14. The van der Waals surface area contributed by atoms with Crippen LogP contribution >= 0.6 is 47.8 Å². The van der Waals surface area contributed by atoms with Crippen LogP contribution in [0.25, 0.3) is 0 Å². The molecule has 0 radical (unpaired) electrons. The van der Waals surface area contributed by atoms with Gasteiger partial charge in [-0.25, -0.2) is 0 Å². The summed E-state index contributed by atoms with van der Waals surface area (Å²) in [6.07, 6.45) is 4.09. The van der Waals surface area contributed by atoms with Gasteiger partial charge in [0.15, 0.2) is 0 Å². The van der Waals surface area contributed by atoms with Crippen LogP contribution in [0.3, 0.4) is 0 Å². The number of rotatable bonds is 3. The molecule has 0 saturated carbocycles. The minimum Gasteiger partial charge on any atom is -0.380 e. The van der Waals surface area contributed by atoms with E-state index in [1.807, 2.05) is 25.1 Å². The lowest BCUT2D eigenvalue weighted by atomic mass is 10.3. The Hall–Kier alpha value is 0.200. The molecule has 0 spiro atoms. The molecule has 0 aromatic heterocycles. The van der Waals surface area contributed by atoms with Gasteiger partial charge in [-0.2, -0.15) is 0 Å². The van der Waals surface area contributed by atoms with Crippen LogP contribution in [0.4, 0.5) is 5.69 Å². The first kappa shape index (κ1) is 12.3. The summed E-state index contributed by atoms with van der Waals surface area (Å²) in [7, 11) is 0. The van der Waals surface area contributed by atoms with Crippen molar-refractivity contribution in [2.24, 2.45) is 0 Å². The first-order valence-electron chi connectivity index (χ1n) is 4.14. The van der Waals surface area contributed by atoms with Crippen LogP contribution in [0, 0.1) is 0 Å². The summed E-state index contributed by atoms with van der Waals surface area (Å²) in [6, 6.07) is 4.03.